The van der Waals surface area contributed by atoms with Crippen LogP contribution in [0.15, 0.2) is 0 Å². The summed E-state index contributed by atoms with van der Waals surface area (Å²) in [5, 5.41) is 2.80. The van der Waals surface area contributed by atoms with Gasteiger partial charge in [0.05, 0.1) is 12.1 Å². The molecule has 0 aromatic carbocycles. The van der Waals surface area contributed by atoms with E-state index < -0.39 is 6.04 Å². The molecule has 2 heterocycles. The van der Waals surface area contributed by atoms with E-state index in [-0.39, 0.29) is 35.9 Å². The molecule has 0 aromatic heterocycles. The van der Waals surface area contributed by atoms with E-state index in [1.807, 2.05) is 27.7 Å². The van der Waals surface area contributed by atoms with E-state index in [9.17, 15) is 9.59 Å². The number of rotatable bonds is 1. The fourth-order valence-electron chi connectivity index (χ4n) is 2.66. The molecule has 0 bridgehead atoms. The number of hydrogen-bond acceptors (Lipinski definition) is 3. The molecular formula is C13H22N2O3. The van der Waals surface area contributed by atoms with Gasteiger partial charge in [-0.15, -0.1) is 0 Å². The van der Waals surface area contributed by atoms with Crippen LogP contribution in [0.3, 0.4) is 0 Å². The Morgan fingerprint density at radius 3 is 2.50 bits per heavy atom. The van der Waals surface area contributed by atoms with E-state index in [0.717, 1.165) is 6.42 Å². The molecular weight excluding hydrogens is 232 g/mol. The van der Waals surface area contributed by atoms with Crippen molar-refractivity contribution in [3.63, 3.8) is 0 Å². The highest BCUT2D eigenvalue weighted by atomic mass is 16.5. The Morgan fingerprint density at radius 2 is 2.00 bits per heavy atom. The van der Waals surface area contributed by atoms with Crippen molar-refractivity contribution in [3.05, 3.63) is 0 Å². The maximum atomic E-state index is 12.5. The minimum absolute atomic E-state index is 0.0143. The monoisotopic (exact) mass is 254 g/mol. The predicted octanol–water partition coefficient (Wildman–Crippen LogP) is 0.537. The second-order valence-electron chi connectivity index (χ2n) is 6.26. The summed E-state index contributed by atoms with van der Waals surface area (Å²) in [6, 6.07) is -0.403. The number of amides is 2. The smallest absolute Gasteiger partial charge is 0.246 e. The van der Waals surface area contributed by atoms with Crippen LogP contribution in [-0.2, 0) is 14.3 Å². The Kier molecular flexibility index (Phi) is 3.36. The third-order valence-electron chi connectivity index (χ3n) is 3.75. The topological polar surface area (TPSA) is 58.6 Å². The summed E-state index contributed by atoms with van der Waals surface area (Å²) in [4.78, 5) is 26.0. The van der Waals surface area contributed by atoms with Gasteiger partial charge in [-0.25, -0.2) is 0 Å². The average Bonchev–Trinajstić information content (AvgIpc) is 2.66. The van der Waals surface area contributed by atoms with Crippen LogP contribution in [0.5, 0.6) is 0 Å². The molecule has 2 aliphatic heterocycles. The Bertz CT molecular complexity index is 362. The van der Waals surface area contributed by atoms with Crippen LogP contribution in [-0.4, -0.2) is 48.1 Å². The Labute approximate surface area is 108 Å². The lowest BCUT2D eigenvalue weighted by Gasteiger charge is -2.41. The molecule has 3 unspecified atom stereocenters. The number of nitrogens with one attached hydrogen (secondary N) is 1. The molecule has 2 fully saturated rings. The zero-order chi connectivity index (χ0) is 13.5. The van der Waals surface area contributed by atoms with E-state index in [2.05, 4.69) is 5.32 Å². The van der Waals surface area contributed by atoms with Crippen molar-refractivity contribution in [2.75, 3.05) is 13.2 Å². The molecule has 2 saturated heterocycles. The molecule has 2 amide bonds. The van der Waals surface area contributed by atoms with Gasteiger partial charge in [0, 0.05) is 6.61 Å². The molecule has 5 nitrogen and oxygen atoms in total. The summed E-state index contributed by atoms with van der Waals surface area (Å²) in [7, 11) is 0. The van der Waals surface area contributed by atoms with E-state index in [1.165, 1.54) is 0 Å². The second-order valence-corrected chi connectivity index (χ2v) is 6.26. The van der Waals surface area contributed by atoms with Gasteiger partial charge in [-0.2, -0.15) is 0 Å². The molecule has 1 N–H and O–H groups in total. The third kappa shape index (κ3) is 2.36. The minimum atomic E-state index is -0.438. The molecule has 5 heteroatoms. The standard InChI is InChI=1S/C13H22N2O3/c1-8-9(5-6-18-8)15-7-10(16)14-11(12(15)17)13(2,3)4/h8-9,11H,5-7H2,1-4H3,(H,14,16). The normalized spacial score (nSPS) is 33.8. The zero-order valence-corrected chi connectivity index (χ0v) is 11.5. The third-order valence-corrected chi connectivity index (χ3v) is 3.75. The summed E-state index contributed by atoms with van der Waals surface area (Å²) >= 11 is 0. The van der Waals surface area contributed by atoms with Gasteiger partial charge >= 0.3 is 0 Å². The van der Waals surface area contributed by atoms with Gasteiger partial charge in [0.1, 0.15) is 12.6 Å². The van der Waals surface area contributed by atoms with Crippen molar-refractivity contribution in [2.24, 2.45) is 5.41 Å². The van der Waals surface area contributed by atoms with Gasteiger partial charge in [0.2, 0.25) is 11.8 Å². The Hall–Kier alpha value is -1.10. The molecule has 3 atom stereocenters. The van der Waals surface area contributed by atoms with Crippen LogP contribution in [0.1, 0.15) is 34.1 Å². The van der Waals surface area contributed by atoms with Crippen LogP contribution in [0.4, 0.5) is 0 Å². The van der Waals surface area contributed by atoms with Gasteiger partial charge in [-0.3, -0.25) is 9.59 Å². The molecule has 0 aliphatic carbocycles. The van der Waals surface area contributed by atoms with Crippen LogP contribution in [0, 0.1) is 5.41 Å². The number of hydrogen-bond donors (Lipinski definition) is 1. The van der Waals surface area contributed by atoms with Gasteiger partial charge < -0.3 is 15.0 Å². The second kappa shape index (κ2) is 4.53. The summed E-state index contributed by atoms with van der Waals surface area (Å²) in [6.45, 7) is 8.68. The van der Waals surface area contributed by atoms with Gasteiger partial charge in [0.15, 0.2) is 0 Å². The van der Waals surface area contributed by atoms with Crippen molar-refractivity contribution >= 4 is 11.8 Å². The SMILES string of the molecule is CC1OCCC1N1CC(=O)NC(C(C)(C)C)C1=O. The zero-order valence-electron chi connectivity index (χ0n) is 11.5. The molecule has 102 valence electrons. The quantitative estimate of drug-likeness (QED) is 0.743. The van der Waals surface area contributed by atoms with E-state index in [0.29, 0.717) is 6.61 Å². The van der Waals surface area contributed by atoms with E-state index in [1.54, 1.807) is 4.90 Å². The lowest BCUT2D eigenvalue weighted by molar-refractivity contribution is -0.150. The highest BCUT2D eigenvalue weighted by Crippen LogP contribution is 2.27. The van der Waals surface area contributed by atoms with Crippen LogP contribution < -0.4 is 5.32 Å². The first-order valence-corrected chi connectivity index (χ1v) is 6.52. The van der Waals surface area contributed by atoms with Crippen molar-refractivity contribution < 1.29 is 14.3 Å². The number of nitrogens with zero attached hydrogens (tertiary/aromatic N) is 1. The van der Waals surface area contributed by atoms with Crippen molar-refractivity contribution in [1.29, 1.82) is 0 Å². The largest absolute Gasteiger partial charge is 0.376 e. The summed E-state index contributed by atoms with van der Waals surface area (Å²) in [5.74, 6) is -0.0573. The predicted molar refractivity (Wildman–Crippen MR) is 66.9 cm³/mol. The molecule has 0 radical (unpaired) electrons. The summed E-state index contributed by atoms with van der Waals surface area (Å²) in [6.07, 6.45) is 0.831. The molecule has 18 heavy (non-hydrogen) atoms. The number of carbonyl (C=O) groups is 2. The number of ether oxygens (including phenoxy) is 1. The lowest BCUT2D eigenvalue weighted by Crippen LogP contribution is -2.65. The maximum Gasteiger partial charge on any atom is 0.246 e. The average molecular weight is 254 g/mol. The highest BCUT2D eigenvalue weighted by Gasteiger charge is 2.44. The molecule has 2 aliphatic rings. The van der Waals surface area contributed by atoms with Gasteiger partial charge in [-0.1, -0.05) is 20.8 Å². The fourth-order valence-corrected chi connectivity index (χ4v) is 2.66. The number of carbonyl (C=O) groups excluding carboxylic acids is 2. The first kappa shape index (κ1) is 13.3. The van der Waals surface area contributed by atoms with Gasteiger partial charge in [0.25, 0.3) is 0 Å². The fraction of sp³-hybridized carbons (Fsp3) is 0.846. The Morgan fingerprint density at radius 1 is 1.33 bits per heavy atom. The van der Waals surface area contributed by atoms with E-state index >= 15 is 0 Å². The van der Waals surface area contributed by atoms with Crippen molar-refractivity contribution in [1.82, 2.24) is 10.2 Å². The van der Waals surface area contributed by atoms with E-state index in [4.69, 9.17) is 4.74 Å². The Balaban J connectivity index is 2.20. The lowest BCUT2D eigenvalue weighted by atomic mass is 9.84. The maximum absolute atomic E-state index is 12.5. The van der Waals surface area contributed by atoms with Crippen LogP contribution in [0.2, 0.25) is 0 Å². The molecule has 0 aromatic rings. The molecule has 0 saturated carbocycles. The number of piperazine rings is 1. The highest BCUT2D eigenvalue weighted by molar-refractivity contribution is 5.95. The van der Waals surface area contributed by atoms with Crippen molar-refractivity contribution in [2.45, 2.75) is 52.3 Å². The molecule has 2 rings (SSSR count). The summed E-state index contributed by atoms with van der Waals surface area (Å²) in [5.41, 5.74) is -0.270. The van der Waals surface area contributed by atoms with Gasteiger partial charge in [-0.05, 0) is 18.8 Å². The minimum Gasteiger partial charge on any atom is -0.376 e. The molecule has 0 spiro atoms. The first-order chi connectivity index (χ1) is 8.30. The summed E-state index contributed by atoms with van der Waals surface area (Å²) < 4.78 is 5.50. The van der Waals surface area contributed by atoms with Crippen molar-refractivity contribution in [3.8, 4) is 0 Å². The first-order valence-electron chi connectivity index (χ1n) is 6.52. The van der Waals surface area contributed by atoms with Crippen LogP contribution in [0.25, 0.3) is 0 Å². The van der Waals surface area contributed by atoms with Crippen LogP contribution >= 0.6 is 0 Å².